The number of benzene rings is 1. The predicted molar refractivity (Wildman–Crippen MR) is 100 cm³/mol. The van der Waals surface area contributed by atoms with Gasteiger partial charge in [-0.2, -0.15) is 0 Å². The van der Waals surface area contributed by atoms with Gasteiger partial charge in [0.05, 0.1) is 18.6 Å². The van der Waals surface area contributed by atoms with Crippen molar-refractivity contribution in [2.75, 3.05) is 25.5 Å². The van der Waals surface area contributed by atoms with Crippen LogP contribution in [0.1, 0.15) is 12.8 Å². The normalized spacial score (nSPS) is 9.54. The second kappa shape index (κ2) is 12.6. The molecule has 0 aliphatic carbocycles. The van der Waals surface area contributed by atoms with Gasteiger partial charge in [0.25, 0.3) is 0 Å². The molecule has 24 heavy (non-hydrogen) atoms. The molecule has 0 radical (unpaired) electrons. The lowest BCUT2D eigenvalue weighted by molar-refractivity contribution is -0.116. The SMILES string of the molecule is CNCCCC(=O)Nc1ccccc1OCCn1ccnc1.Cl.Cl. The second-order valence-corrected chi connectivity index (χ2v) is 4.90. The Morgan fingerprint density at radius 2 is 2.08 bits per heavy atom. The molecule has 0 aliphatic rings. The van der Waals surface area contributed by atoms with Crippen molar-refractivity contribution in [2.45, 2.75) is 19.4 Å². The number of amides is 1. The van der Waals surface area contributed by atoms with Gasteiger partial charge < -0.3 is 19.9 Å². The summed E-state index contributed by atoms with van der Waals surface area (Å²) in [6, 6.07) is 7.48. The molecule has 1 aromatic carbocycles. The van der Waals surface area contributed by atoms with Crippen molar-refractivity contribution in [1.82, 2.24) is 14.9 Å². The monoisotopic (exact) mass is 374 g/mol. The molecule has 0 saturated heterocycles. The zero-order valence-electron chi connectivity index (χ0n) is 13.6. The molecule has 8 heteroatoms. The van der Waals surface area contributed by atoms with E-state index < -0.39 is 0 Å². The van der Waals surface area contributed by atoms with E-state index in [4.69, 9.17) is 4.74 Å². The number of halogens is 2. The fourth-order valence-electron chi connectivity index (χ4n) is 2.01. The topological polar surface area (TPSA) is 68.2 Å². The molecule has 134 valence electrons. The largest absolute Gasteiger partial charge is 0.490 e. The summed E-state index contributed by atoms with van der Waals surface area (Å²) in [5.41, 5.74) is 0.711. The van der Waals surface area contributed by atoms with Crippen molar-refractivity contribution in [3.63, 3.8) is 0 Å². The summed E-state index contributed by atoms with van der Waals surface area (Å²) in [5, 5.41) is 5.93. The highest BCUT2D eigenvalue weighted by Crippen LogP contribution is 2.23. The van der Waals surface area contributed by atoms with Crippen LogP contribution in [0.2, 0.25) is 0 Å². The van der Waals surface area contributed by atoms with E-state index in [1.807, 2.05) is 42.1 Å². The number of carbonyl (C=O) groups excluding carboxylic acids is 1. The van der Waals surface area contributed by atoms with Crippen LogP contribution < -0.4 is 15.4 Å². The fourth-order valence-corrected chi connectivity index (χ4v) is 2.01. The number of imidazole rings is 1. The number of para-hydroxylation sites is 2. The van der Waals surface area contributed by atoms with E-state index in [2.05, 4.69) is 15.6 Å². The number of carbonyl (C=O) groups is 1. The van der Waals surface area contributed by atoms with Gasteiger partial charge in [0.1, 0.15) is 12.4 Å². The zero-order chi connectivity index (χ0) is 15.6. The minimum atomic E-state index is 0. The molecule has 2 rings (SSSR count). The Kier molecular flexibility index (Phi) is 11.7. The highest BCUT2D eigenvalue weighted by molar-refractivity contribution is 5.92. The molecular formula is C16H24Cl2N4O2. The molecule has 0 bridgehead atoms. The van der Waals surface area contributed by atoms with Crippen LogP contribution in [0.3, 0.4) is 0 Å². The van der Waals surface area contributed by atoms with Gasteiger partial charge in [-0.15, -0.1) is 24.8 Å². The van der Waals surface area contributed by atoms with Gasteiger partial charge in [0.15, 0.2) is 0 Å². The summed E-state index contributed by atoms with van der Waals surface area (Å²) in [4.78, 5) is 15.9. The van der Waals surface area contributed by atoms with Gasteiger partial charge in [-0.3, -0.25) is 4.79 Å². The molecule has 2 aromatic rings. The smallest absolute Gasteiger partial charge is 0.224 e. The number of hydrogen-bond donors (Lipinski definition) is 2. The van der Waals surface area contributed by atoms with Crippen molar-refractivity contribution in [3.8, 4) is 5.75 Å². The van der Waals surface area contributed by atoms with Gasteiger partial charge in [-0.05, 0) is 32.1 Å². The zero-order valence-corrected chi connectivity index (χ0v) is 15.2. The van der Waals surface area contributed by atoms with Crippen LogP contribution in [0.5, 0.6) is 5.75 Å². The van der Waals surface area contributed by atoms with Gasteiger partial charge in [-0.1, -0.05) is 12.1 Å². The van der Waals surface area contributed by atoms with Crippen molar-refractivity contribution < 1.29 is 9.53 Å². The van der Waals surface area contributed by atoms with Crippen LogP contribution in [0.15, 0.2) is 43.0 Å². The summed E-state index contributed by atoms with van der Waals surface area (Å²) in [6.45, 7) is 2.06. The van der Waals surface area contributed by atoms with E-state index in [-0.39, 0.29) is 30.7 Å². The van der Waals surface area contributed by atoms with E-state index in [0.717, 1.165) is 13.0 Å². The molecule has 0 saturated carbocycles. The van der Waals surface area contributed by atoms with Crippen molar-refractivity contribution in [2.24, 2.45) is 0 Å². The lowest BCUT2D eigenvalue weighted by atomic mass is 10.2. The highest BCUT2D eigenvalue weighted by atomic mass is 35.5. The number of hydrogen-bond acceptors (Lipinski definition) is 4. The molecular weight excluding hydrogens is 351 g/mol. The molecule has 0 fully saturated rings. The number of anilines is 1. The van der Waals surface area contributed by atoms with E-state index in [9.17, 15) is 4.79 Å². The maximum absolute atomic E-state index is 11.9. The van der Waals surface area contributed by atoms with E-state index in [1.54, 1.807) is 12.5 Å². The van der Waals surface area contributed by atoms with Crippen LogP contribution in [-0.2, 0) is 11.3 Å². The summed E-state index contributed by atoms with van der Waals surface area (Å²) < 4.78 is 7.70. The maximum Gasteiger partial charge on any atom is 0.224 e. The molecule has 2 N–H and O–H groups in total. The Labute approximate surface area is 154 Å². The first-order chi connectivity index (χ1) is 10.8. The number of aromatic nitrogens is 2. The molecule has 0 unspecified atom stereocenters. The third-order valence-corrected chi connectivity index (χ3v) is 3.16. The third-order valence-electron chi connectivity index (χ3n) is 3.16. The quantitative estimate of drug-likeness (QED) is 0.662. The van der Waals surface area contributed by atoms with Gasteiger partial charge in [0.2, 0.25) is 5.91 Å². The first kappa shape index (κ1) is 22.2. The molecule has 1 heterocycles. The number of ether oxygens (including phenoxy) is 1. The average Bonchev–Trinajstić information content (AvgIpc) is 3.02. The summed E-state index contributed by atoms with van der Waals surface area (Å²) in [5.74, 6) is 0.686. The Bertz CT molecular complexity index is 579. The second-order valence-electron chi connectivity index (χ2n) is 4.90. The number of nitrogens with zero attached hydrogens (tertiary/aromatic N) is 2. The minimum absolute atomic E-state index is 0. The molecule has 1 aromatic heterocycles. The highest BCUT2D eigenvalue weighted by Gasteiger charge is 2.07. The molecule has 6 nitrogen and oxygen atoms in total. The first-order valence-corrected chi connectivity index (χ1v) is 7.41. The van der Waals surface area contributed by atoms with Crippen LogP contribution in [0, 0.1) is 0 Å². The van der Waals surface area contributed by atoms with E-state index in [0.29, 0.717) is 31.0 Å². The number of nitrogens with one attached hydrogen (secondary N) is 2. The Morgan fingerprint density at radius 3 is 2.79 bits per heavy atom. The molecule has 0 aliphatic heterocycles. The van der Waals surface area contributed by atoms with Crippen LogP contribution in [-0.4, -0.2) is 35.7 Å². The molecule has 0 atom stereocenters. The van der Waals surface area contributed by atoms with Crippen molar-refractivity contribution >= 4 is 36.4 Å². The Balaban J connectivity index is 0.00000264. The lowest BCUT2D eigenvalue weighted by Gasteiger charge is -2.12. The minimum Gasteiger partial charge on any atom is -0.490 e. The standard InChI is InChI=1S/C16H22N4O2.2ClH/c1-17-8-4-7-16(21)19-14-5-2-3-6-15(14)22-12-11-20-10-9-18-13-20;;/h2-3,5-6,9-10,13,17H,4,7-8,11-12H2,1H3,(H,19,21);2*1H. The summed E-state index contributed by atoms with van der Waals surface area (Å²) >= 11 is 0. The number of rotatable bonds is 9. The van der Waals surface area contributed by atoms with Crippen molar-refractivity contribution in [3.05, 3.63) is 43.0 Å². The molecule has 1 amide bonds. The predicted octanol–water partition coefficient (Wildman–Crippen LogP) is 2.74. The average molecular weight is 375 g/mol. The summed E-state index contributed by atoms with van der Waals surface area (Å²) in [7, 11) is 1.88. The Morgan fingerprint density at radius 1 is 1.29 bits per heavy atom. The third kappa shape index (κ3) is 7.68. The van der Waals surface area contributed by atoms with Gasteiger partial charge >= 0.3 is 0 Å². The van der Waals surface area contributed by atoms with Crippen LogP contribution >= 0.6 is 24.8 Å². The summed E-state index contributed by atoms with van der Waals surface area (Å²) in [6.07, 6.45) is 6.67. The lowest BCUT2D eigenvalue weighted by Crippen LogP contribution is -2.16. The maximum atomic E-state index is 11.9. The van der Waals surface area contributed by atoms with Crippen molar-refractivity contribution in [1.29, 1.82) is 0 Å². The van der Waals surface area contributed by atoms with E-state index >= 15 is 0 Å². The van der Waals surface area contributed by atoms with Gasteiger partial charge in [0, 0.05) is 18.8 Å². The van der Waals surface area contributed by atoms with E-state index in [1.165, 1.54) is 0 Å². The Hall–Kier alpha value is -1.76. The van der Waals surface area contributed by atoms with Gasteiger partial charge in [-0.25, -0.2) is 4.98 Å². The molecule has 0 spiro atoms. The van der Waals surface area contributed by atoms with Crippen LogP contribution in [0.25, 0.3) is 0 Å². The fraction of sp³-hybridized carbons (Fsp3) is 0.375. The van der Waals surface area contributed by atoms with Crippen LogP contribution in [0.4, 0.5) is 5.69 Å². The first-order valence-electron chi connectivity index (χ1n) is 7.41.